The van der Waals surface area contributed by atoms with Gasteiger partial charge in [-0.3, -0.25) is 0 Å². The minimum atomic E-state index is -0.861. The van der Waals surface area contributed by atoms with E-state index in [1.807, 2.05) is 25.1 Å². The SMILES string of the molecule is CCOc1ccc(Br)cc1C(Br)c1ccc(F)c(F)c1. The van der Waals surface area contributed by atoms with Gasteiger partial charge in [0.2, 0.25) is 0 Å². The molecule has 2 aromatic rings. The van der Waals surface area contributed by atoms with Crippen LogP contribution >= 0.6 is 31.9 Å². The van der Waals surface area contributed by atoms with E-state index in [1.165, 1.54) is 6.07 Å². The zero-order valence-corrected chi connectivity index (χ0v) is 13.8. The molecule has 0 N–H and O–H groups in total. The van der Waals surface area contributed by atoms with E-state index < -0.39 is 11.6 Å². The predicted molar refractivity (Wildman–Crippen MR) is 82.4 cm³/mol. The molecule has 20 heavy (non-hydrogen) atoms. The molecule has 2 aromatic carbocycles. The zero-order chi connectivity index (χ0) is 14.7. The third kappa shape index (κ3) is 3.38. The molecular weight excluding hydrogens is 394 g/mol. The van der Waals surface area contributed by atoms with E-state index >= 15 is 0 Å². The van der Waals surface area contributed by atoms with Gasteiger partial charge in [-0.05, 0) is 42.8 Å². The lowest BCUT2D eigenvalue weighted by molar-refractivity contribution is 0.337. The van der Waals surface area contributed by atoms with Crippen LogP contribution in [0.5, 0.6) is 5.75 Å². The average molecular weight is 406 g/mol. The van der Waals surface area contributed by atoms with Crippen molar-refractivity contribution in [3.63, 3.8) is 0 Å². The molecule has 1 nitrogen and oxygen atoms in total. The van der Waals surface area contributed by atoms with Crippen molar-refractivity contribution in [1.82, 2.24) is 0 Å². The Morgan fingerprint density at radius 3 is 2.50 bits per heavy atom. The highest BCUT2D eigenvalue weighted by atomic mass is 79.9. The summed E-state index contributed by atoms with van der Waals surface area (Å²) < 4.78 is 32.8. The minimum Gasteiger partial charge on any atom is -0.494 e. The second kappa shape index (κ2) is 6.68. The first-order valence-corrected chi connectivity index (χ1v) is 7.75. The number of alkyl halides is 1. The molecule has 106 valence electrons. The highest BCUT2D eigenvalue weighted by molar-refractivity contribution is 9.10. The lowest BCUT2D eigenvalue weighted by Gasteiger charge is -2.16. The van der Waals surface area contributed by atoms with Crippen molar-refractivity contribution in [3.8, 4) is 5.75 Å². The van der Waals surface area contributed by atoms with Crippen LogP contribution in [0.25, 0.3) is 0 Å². The predicted octanol–water partition coefficient (Wildman–Crippen LogP) is 5.61. The summed E-state index contributed by atoms with van der Waals surface area (Å²) in [6.07, 6.45) is 0. The molecule has 0 radical (unpaired) electrons. The molecule has 1 unspecified atom stereocenters. The normalized spacial score (nSPS) is 12.2. The lowest BCUT2D eigenvalue weighted by atomic mass is 10.0. The zero-order valence-electron chi connectivity index (χ0n) is 10.7. The van der Waals surface area contributed by atoms with Crippen LogP contribution in [0.1, 0.15) is 22.9 Å². The molecule has 0 aliphatic rings. The molecule has 0 saturated carbocycles. The number of hydrogen-bond acceptors (Lipinski definition) is 1. The van der Waals surface area contributed by atoms with Gasteiger partial charge in [-0.15, -0.1) is 0 Å². The summed E-state index contributed by atoms with van der Waals surface area (Å²) in [7, 11) is 0. The number of hydrogen-bond donors (Lipinski definition) is 0. The molecule has 0 aliphatic heterocycles. The van der Waals surface area contributed by atoms with Crippen LogP contribution in [0.15, 0.2) is 40.9 Å². The maximum absolute atomic E-state index is 13.3. The van der Waals surface area contributed by atoms with Gasteiger partial charge in [-0.2, -0.15) is 0 Å². The van der Waals surface area contributed by atoms with Gasteiger partial charge in [-0.1, -0.05) is 37.9 Å². The molecule has 1 atom stereocenters. The summed E-state index contributed by atoms with van der Waals surface area (Å²) in [5.41, 5.74) is 1.48. The largest absolute Gasteiger partial charge is 0.494 e. The summed E-state index contributed by atoms with van der Waals surface area (Å²) in [6.45, 7) is 2.43. The van der Waals surface area contributed by atoms with Gasteiger partial charge in [0.1, 0.15) is 5.75 Å². The van der Waals surface area contributed by atoms with E-state index in [-0.39, 0.29) is 4.83 Å². The number of benzene rings is 2. The Labute approximate surface area is 133 Å². The van der Waals surface area contributed by atoms with E-state index in [4.69, 9.17) is 4.74 Å². The number of ether oxygens (including phenoxy) is 1. The Bertz CT molecular complexity index is 617. The van der Waals surface area contributed by atoms with Gasteiger partial charge in [0.05, 0.1) is 11.4 Å². The van der Waals surface area contributed by atoms with E-state index in [0.717, 1.165) is 16.1 Å². The van der Waals surface area contributed by atoms with Gasteiger partial charge in [0.15, 0.2) is 11.6 Å². The highest BCUT2D eigenvalue weighted by Gasteiger charge is 2.17. The van der Waals surface area contributed by atoms with E-state index in [1.54, 1.807) is 6.07 Å². The molecule has 0 heterocycles. The molecule has 0 amide bonds. The van der Waals surface area contributed by atoms with Crippen LogP contribution in [-0.2, 0) is 0 Å². The first-order chi connectivity index (χ1) is 9.52. The first-order valence-electron chi connectivity index (χ1n) is 6.04. The van der Waals surface area contributed by atoms with Crippen molar-refractivity contribution >= 4 is 31.9 Å². The smallest absolute Gasteiger partial charge is 0.159 e. The van der Waals surface area contributed by atoms with Gasteiger partial charge < -0.3 is 4.74 Å². The monoisotopic (exact) mass is 404 g/mol. The summed E-state index contributed by atoms with van der Waals surface area (Å²) >= 11 is 6.92. The fourth-order valence-electron chi connectivity index (χ4n) is 1.85. The van der Waals surface area contributed by atoms with Crippen molar-refractivity contribution in [3.05, 3.63) is 63.6 Å². The van der Waals surface area contributed by atoms with Gasteiger partial charge >= 0.3 is 0 Å². The second-order valence-corrected chi connectivity index (χ2v) is 5.98. The third-order valence-electron chi connectivity index (χ3n) is 2.78. The van der Waals surface area contributed by atoms with E-state index in [9.17, 15) is 8.78 Å². The molecule has 2 rings (SSSR count). The number of rotatable bonds is 4. The average Bonchev–Trinajstić information content (AvgIpc) is 2.43. The Hall–Kier alpha value is -0.940. The van der Waals surface area contributed by atoms with Crippen LogP contribution in [0.2, 0.25) is 0 Å². The first kappa shape index (κ1) is 15.4. The lowest BCUT2D eigenvalue weighted by Crippen LogP contribution is -2.01. The standard InChI is InChI=1S/C15H12Br2F2O/c1-2-20-14-6-4-10(16)8-11(14)15(17)9-3-5-12(18)13(19)7-9/h3-8,15H,2H2,1H3. The van der Waals surface area contributed by atoms with Gasteiger partial charge in [0, 0.05) is 10.0 Å². The van der Waals surface area contributed by atoms with Crippen LogP contribution < -0.4 is 4.74 Å². The molecule has 0 aliphatic carbocycles. The molecule has 0 saturated heterocycles. The van der Waals surface area contributed by atoms with Crippen molar-refractivity contribution in [2.24, 2.45) is 0 Å². The summed E-state index contributed by atoms with van der Waals surface area (Å²) in [6, 6.07) is 9.47. The fourth-order valence-corrected chi connectivity index (χ4v) is 2.88. The second-order valence-electron chi connectivity index (χ2n) is 4.15. The fraction of sp³-hybridized carbons (Fsp3) is 0.200. The van der Waals surface area contributed by atoms with Crippen molar-refractivity contribution in [2.75, 3.05) is 6.61 Å². The van der Waals surface area contributed by atoms with Crippen molar-refractivity contribution in [2.45, 2.75) is 11.8 Å². The molecule has 0 aromatic heterocycles. The third-order valence-corrected chi connectivity index (χ3v) is 4.30. The van der Waals surface area contributed by atoms with Gasteiger partial charge in [0.25, 0.3) is 0 Å². The molecule has 5 heteroatoms. The van der Waals surface area contributed by atoms with Crippen molar-refractivity contribution < 1.29 is 13.5 Å². The molecule has 0 spiro atoms. The van der Waals surface area contributed by atoms with Crippen LogP contribution in [0.3, 0.4) is 0 Å². The maximum Gasteiger partial charge on any atom is 0.159 e. The van der Waals surface area contributed by atoms with Gasteiger partial charge in [-0.25, -0.2) is 8.78 Å². The van der Waals surface area contributed by atoms with E-state index in [0.29, 0.717) is 17.9 Å². The maximum atomic E-state index is 13.3. The van der Waals surface area contributed by atoms with Crippen LogP contribution in [0, 0.1) is 11.6 Å². The molecule has 0 bridgehead atoms. The number of halogens is 4. The summed E-state index contributed by atoms with van der Waals surface area (Å²) in [5, 5.41) is 0. The Kier molecular flexibility index (Phi) is 5.16. The summed E-state index contributed by atoms with van der Waals surface area (Å²) in [5.74, 6) is -1.00. The topological polar surface area (TPSA) is 9.23 Å². The van der Waals surface area contributed by atoms with Crippen molar-refractivity contribution in [1.29, 1.82) is 0 Å². The van der Waals surface area contributed by atoms with E-state index in [2.05, 4.69) is 31.9 Å². The minimum absolute atomic E-state index is 0.281. The Morgan fingerprint density at radius 2 is 1.85 bits per heavy atom. The Balaban J connectivity index is 2.43. The molecule has 0 fully saturated rings. The molecular formula is C15H12Br2F2O. The van der Waals surface area contributed by atoms with Crippen LogP contribution in [-0.4, -0.2) is 6.61 Å². The quantitative estimate of drug-likeness (QED) is 0.600. The van der Waals surface area contributed by atoms with Crippen LogP contribution in [0.4, 0.5) is 8.78 Å². The Morgan fingerprint density at radius 1 is 1.10 bits per heavy atom. The highest BCUT2D eigenvalue weighted by Crippen LogP contribution is 2.38. The summed E-state index contributed by atoms with van der Waals surface area (Å²) in [4.78, 5) is -0.281.